The van der Waals surface area contributed by atoms with Crippen molar-refractivity contribution in [3.8, 4) is 0 Å². The van der Waals surface area contributed by atoms with E-state index in [-0.39, 0.29) is 5.91 Å². The topological polar surface area (TPSA) is 58.1 Å². The lowest BCUT2D eigenvalue weighted by Crippen LogP contribution is -2.37. The van der Waals surface area contributed by atoms with E-state index in [0.717, 1.165) is 43.5 Å². The highest BCUT2D eigenvalue weighted by Crippen LogP contribution is 2.16. The largest absolute Gasteiger partial charge is 0.341 e. The van der Waals surface area contributed by atoms with Gasteiger partial charge < -0.3 is 10.2 Å². The third-order valence-corrected chi connectivity index (χ3v) is 4.05. The van der Waals surface area contributed by atoms with Gasteiger partial charge in [-0.05, 0) is 50.0 Å². The molecular formula is C16H20N4O. The summed E-state index contributed by atoms with van der Waals surface area (Å²) in [6.07, 6.45) is 5.59. The monoisotopic (exact) mass is 284 g/mol. The van der Waals surface area contributed by atoms with Crippen LogP contribution in [0, 0.1) is 5.92 Å². The van der Waals surface area contributed by atoms with Crippen molar-refractivity contribution >= 4 is 16.9 Å². The van der Waals surface area contributed by atoms with Gasteiger partial charge in [0.15, 0.2) is 0 Å². The fourth-order valence-corrected chi connectivity index (χ4v) is 2.85. The van der Waals surface area contributed by atoms with Crippen molar-refractivity contribution < 1.29 is 4.79 Å². The van der Waals surface area contributed by atoms with E-state index in [4.69, 9.17) is 0 Å². The van der Waals surface area contributed by atoms with E-state index in [0.29, 0.717) is 11.5 Å². The van der Waals surface area contributed by atoms with Crippen LogP contribution in [-0.4, -0.2) is 47.5 Å². The van der Waals surface area contributed by atoms with E-state index in [9.17, 15) is 4.79 Å². The van der Waals surface area contributed by atoms with Gasteiger partial charge in [-0.15, -0.1) is 0 Å². The van der Waals surface area contributed by atoms with Crippen molar-refractivity contribution in [3.63, 3.8) is 0 Å². The van der Waals surface area contributed by atoms with Gasteiger partial charge in [0.25, 0.3) is 5.91 Å². The predicted octanol–water partition coefficient (Wildman–Crippen LogP) is 1.70. The van der Waals surface area contributed by atoms with Gasteiger partial charge in [-0.2, -0.15) is 0 Å². The molecule has 0 spiro atoms. The lowest BCUT2D eigenvalue weighted by atomic mass is 9.97. The number of carbonyl (C=O) groups excluding carboxylic acids is 1. The number of nitrogens with zero attached hydrogens (tertiary/aromatic N) is 3. The molecule has 21 heavy (non-hydrogen) atoms. The minimum absolute atomic E-state index is 0.0566. The van der Waals surface area contributed by atoms with Crippen LogP contribution >= 0.6 is 0 Å². The molecule has 2 heterocycles. The Labute approximate surface area is 124 Å². The van der Waals surface area contributed by atoms with Gasteiger partial charge in [0.2, 0.25) is 0 Å². The number of rotatable bonds is 3. The Hall–Kier alpha value is -2.01. The van der Waals surface area contributed by atoms with Crippen molar-refractivity contribution in [1.29, 1.82) is 0 Å². The molecule has 0 atom stereocenters. The molecule has 1 aliphatic rings. The number of benzene rings is 1. The smallest absolute Gasteiger partial charge is 0.253 e. The van der Waals surface area contributed by atoms with Crippen LogP contribution in [-0.2, 0) is 0 Å². The van der Waals surface area contributed by atoms with Crippen LogP contribution in [0.5, 0.6) is 0 Å². The summed E-state index contributed by atoms with van der Waals surface area (Å²) in [5.74, 6) is 0.654. The molecule has 1 saturated heterocycles. The molecule has 1 aliphatic heterocycles. The highest BCUT2D eigenvalue weighted by molar-refractivity contribution is 5.97. The number of nitrogens with one attached hydrogen (secondary N) is 1. The molecule has 5 heteroatoms. The van der Waals surface area contributed by atoms with E-state index < -0.39 is 0 Å². The molecule has 3 rings (SSSR count). The van der Waals surface area contributed by atoms with Crippen molar-refractivity contribution in [1.82, 2.24) is 20.2 Å². The number of piperidine rings is 1. The highest BCUT2D eigenvalue weighted by Gasteiger charge is 2.19. The van der Waals surface area contributed by atoms with Crippen molar-refractivity contribution in [3.05, 3.63) is 36.2 Å². The Morgan fingerprint density at radius 1 is 1.24 bits per heavy atom. The zero-order valence-corrected chi connectivity index (χ0v) is 12.2. The Bertz CT molecular complexity index is 637. The van der Waals surface area contributed by atoms with Gasteiger partial charge in [-0.1, -0.05) is 0 Å². The summed E-state index contributed by atoms with van der Waals surface area (Å²) in [5.41, 5.74) is 2.26. The van der Waals surface area contributed by atoms with E-state index in [2.05, 4.69) is 15.3 Å². The molecule has 1 N–H and O–H groups in total. The number of fused-ring (bicyclic) bond motifs is 1. The van der Waals surface area contributed by atoms with E-state index in [1.54, 1.807) is 12.4 Å². The zero-order valence-electron chi connectivity index (χ0n) is 12.2. The summed E-state index contributed by atoms with van der Waals surface area (Å²) in [5, 5.41) is 3.35. The maximum absolute atomic E-state index is 12.5. The number of amides is 1. The Balaban J connectivity index is 1.72. The summed E-state index contributed by atoms with van der Waals surface area (Å²) in [6.45, 7) is 2.93. The molecule has 0 bridgehead atoms. The first-order chi connectivity index (χ1) is 10.2. The lowest BCUT2D eigenvalue weighted by molar-refractivity contribution is 0.0763. The second-order valence-corrected chi connectivity index (χ2v) is 5.64. The molecule has 1 aromatic heterocycles. The molecule has 0 radical (unpaired) electrons. The lowest BCUT2D eigenvalue weighted by Gasteiger charge is -2.27. The van der Waals surface area contributed by atoms with Crippen molar-refractivity contribution in [2.75, 3.05) is 26.7 Å². The summed E-state index contributed by atoms with van der Waals surface area (Å²) in [6, 6.07) is 5.51. The summed E-state index contributed by atoms with van der Waals surface area (Å²) < 4.78 is 0. The summed E-state index contributed by atoms with van der Waals surface area (Å²) >= 11 is 0. The highest BCUT2D eigenvalue weighted by atomic mass is 16.2. The molecule has 0 unspecified atom stereocenters. The fraction of sp³-hybridized carbons (Fsp3) is 0.438. The van der Waals surface area contributed by atoms with Crippen molar-refractivity contribution in [2.24, 2.45) is 5.92 Å². The fourth-order valence-electron chi connectivity index (χ4n) is 2.85. The van der Waals surface area contributed by atoms with Crippen LogP contribution in [0.4, 0.5) is 0 Å². The molecule has 1 amide bonds. The first-order valence-corrected chi connectivity index (χ1v) is 7.41. The van der Waals surface area contributed by atoms with Crippen molar-refractivity contribution in [2.45, 2.75) is 12.8 Å². The molecule has 0 aliphatic carbocycles. The quantitative estimate of drug-likeness (QED) is 0.932. The Kier molecular flexibility index (Phi) is 4.10. The standard InChI is InChI=1S/C16H20N4O/c1-20(11-12-4-6-17-7-5-12)16(21)13-2-3-14-15(10-13)19-9-8-18-14/h2-3,8-10,12,17H,4-7,11H2,1H3. The van der Waals surface area contributed by atoms with Gasteiger partial charge in [0.1, 0.15) is 0 Å². The van der Waals surface area contributed by atoms with Crippen LogP contribution in [0.15, 0.2) is 30.6 Å². The van der Waals surface area contributed by atoms with Crippen LogP contribution in [0.25, 0.3) is 11.0 Å². The minimum Gasteiger partial charge on any atom is -0.341 e. The van der Waals surface area contributed by atoms with E-state index in [1.165, 1.54) is 0 Å². The maximum atomic E-state index is 12.5. The van der Waals surface area contributed by atoms with Crippen LogP contribution < -0.4 is 5.32 Å². The Morgan fingerprint density at radius 3 is 2.71 bits per heavy atom. The number of hydrogen-bond acceptors (Lipinski definition) is 4. The minimum atomic E-state index is 0.0566. The number of carbonyl (C=O) groups is 1. The summed E-state index contributed by atoms with van der Waals surface area (Å²) in [4.78, 5) is 22.8. The average molecular weight is 284 g/mol. The number of aromatic nitrogens is 2. The first kappa shape index (κ1) is 13.9. The van der Waals surface area contributed by atoms with Gasteiger partial charge >= 0.3 is 0 Å². The molecule has 5 nitrogen and oxygen atoms in total. The predicted molar refractivity (Wildman–Crippen MR) is 82.1 cm³/mol. The normalized spacial score (nSPS) is 16.0. The van der Waals surface area contributed by atoms with Gasteiger partial charge in [0, 0.05) is 31.5 Å². The van der Waals surface area contributed by atoms with Gasteiger partial charge in [-0.3, -0.25) is 14.8 Å². The second-order valence-electron chi connectivity index (χ2n) is 5.64. The van der Waals surface area contributed by atoms with E-state index in [1.807, 2.05) is 30.1 Å². The third kappa shape index (κ3) is 3.19. The maximum Gasteiger partial charge on any atom is 0.253 e. The van der Waals surface area contributed by atoms with Crippen LogP contribution in [0.2, 0.25) is 0 Å². The molecule has 1 aromatic carbocycles. The van der Waals surface area contributed by atoms with Gasteiger partial charge in [0.05, 0.1) is 11.0 Å². The zero-order chi connectivity index (χ0) is 14.7. The second kappa shape index (κ2) is 6.18. The molecular weight excluding hydrogens is 264 g/mol. The molecule has 110 valence electrons. The van der Waals surface area contributed by atoms with Crippen LogP contribution in [0.1, 0.15) is 23.2 Å². The van der Waals surface area contributed by atoms with Crippen LogP contribution in [0.3, 0.4) is 0 Å². The number of hydrogen-bond donors (Lipinski definition) is 1. The summed E-state index contributed by atoms with van der Waals surface area (Å²) in [7, 11) is 1.88. The molecule has 2 aromatic rings. The third-order valence-electron chi connectivity index (χ3n) is 4.05. The van der Waals surface area contributed by atoms with Gasteiger partial charge in [-0.25, -0.2) is 0 Å². The molecule has 0 saturated carbocycles. The van der Waals surface area contributed by atoms with E-state index >= 15 is 0 Å². The molecule has 1 fully saturated rings. The first-order valence-electron chi connectivity index (χ1n) is 7.41. The SMILES string of the molecule is CN(CC1CCNCC1)C(=O)c1ccc2nccnc2c1. The average Bonchev–Trinajstić information content (AvgIpc) is 2.54. The Morgan fingerprint density at radius 2 is 1.95 bits per heavy atom.